The van der Waals surface area contributed by atoms with Crippen LogP contribution in [0.2, 0.25) is 0 Å². The third-order valence-electron chi connectivity index (χ3n) is 4.06. The molecule has 1 saturated heterocycles. The number of hydrogen-bond acceptors (Lipinski definition) is 3. The molecule has 19 heavy (non-hydrogen) atoms. The van der Waals surface area contributed by atoms with Gasteiger partial charge in [-0.2, -0.15) is 0 Å². The van der Waals surface area contributed by atoms with Crippen LogP contribution in [0.1, 0.15) is 51.3 Å². The summed E-state index contributed by atoms with van der Waals surface area (Å²) in [7, 11) is 0. The summed E-state index contributed by atoms with van der Waals surface area (Å²) >= 11 is 0. The molecule has 2 rings (SSSR count). The zero-order valence-corrected chi connectivity index (χ0v) is 12.4. The van der Waals surface area contributed by atoms with Crippen molar-refractivity contribution in [1.82, 2.24) is 10.2 Å². The Morgan fingerprint density at radius 2 is 2.11 bits per heavy atom. The molecule has 108 valence electrons. The minimum Gasteiger partial charge on any atom is -0.468 e. The van der Waals surface area contributed by atoms with E-state index in [2.05, 4.69) is 30.1 Å². The van der Waals surface area contributed by atoms with Crippen LogP contribution in [0.15, 0.2) is 22.8 Å². The number of likely N-dealkylation sites (tertiary alicyclic amines) is 1. The lowest BCUT2D eigenvalue weighted by molar-refractivity contribution is 0.207. The van der Waals surface area contributed by atoms with Gasteiger partial charge in [0.15, 0.2) is 0 Å². The fraction of sp³-hybridized carbons (Fsp3) is 0.750. The summed E-state index contributed by atoms with van der Waals surface area (Å²) < 4.78 is 5.63. The number of hydrogen-bond donors (Lipinski definition) is 1. The lowest BCUT2D eigenvalue weighted by Gasteiger charge is -2.26. The Morgan fingerprint density at radius 1 is 1.32 bits per heavy atom. The van der Waals surface area contributed by atoms with Gasteiger partial charge in [-0.1, -0.05) is 20.3 Å². The summed E-state index contributed by atoms with van der Waals surface area (Å²) in [5, 5.41) is 3.63. The van der Waals surface area contributed by atoms with E-state index in [9.17, 15) is 0 Å². The van der Waals surface area contributed by atoms with E-state index in [1.165, 1.54) is 38.8 Å². The molecular formula is C16H28N2O. The molecule has 2 heterocycles. The summed E-state index contributed by atoms with van der Waals surface area (Å²) in [6, 6.07) is 4.52. The third-order valence-corrected chi connectivity index (χ3v) is 4.06. The van der Waals surface area contributed by atoms with Crippen LogP contribution in [0.5, 0.6) is 0 Å². The van der Waals surface area contributed by atoms with E-state index in [1.807, 2.05) is 6.07 Å². The van der Waals surface area contributed by atoms with E-state index in [1.54, 1.807) is 6.26 Å². The van der Waals surface area contributed by atoms with E-state index in [4.69, 9.17) is 4.42 Å². The molecule has 0 saturated carbocycles. The predicted octanol–water partition coefficient (Wildman–Crippen LogP) is 3.44. The van der Waals surface area contributed by atoms with E-state index in [0.717, 1.165) is 24.8 Å². The van der Waals surface area contributed by atoms with Gasteiger partial charge in [0.1, 0.15) is 5.76 Å². The van der Waals surface area contributed by atoms with Gasteiger partial charge in [0.2, 0.25) is 0 Å². The molecule has 3 nitrogen and oxygen atoms in total. The number of rotatable bonds is 8. The highest BCUT2D eigenvalue weighted by atomic mass is 16.3. The van der Waals surface area contributed by atoms with Gasteiger partial charge in [-0.05, 0) is 56.9 Å². The summed E-state index contributed by atoms with van der Waals surface area (Å²) in [5.74, 6) is 1.87. The van der Waals surface area contributed by atoms with Crippen molar-refractivity contribution in [3.8, 4) is 0 Å². The van der Waals surface area contributed by atoms with E-state index in [-0.39, 0.29) is 0 Å². The van der Waals surface area contributed by atoms with Crippen molar-refractivity contribution in [2.45, 2.75) is 45.6 Å². The maximum absolute atomic E-state index is 5.63. The zero-order chi connectivity index (χ0) is 13.5. The molecule has 0 amide bonds. The first kappa shape index (κ1) is 14.6. The van der Waals surface area contributed by atoms with E-state index >= 15 is 0 Å². The first-order chi connectivity index (χ1) is 9.31. The Bertz CT molecular complexity index is 331. The molecule has 3 heteroatoms. The minimum absolute atomic E-state index is 0.409. The normalized spacial score (nSPS) is 19.7. The number of nitrogens with one attached hydrogen (secondary N) is 1. The van der Waals surface area contributed by atoms with Crippen molar-refractivity contribution in [3.05, 3.63) is 24.2 Å². The summed E-state index contributed by atoms with van der Waals surface area (Å²) in [6.07, 6.45) is 7.02. The maximum atomic E-state index is 5.63. The zero-order valence-electron chi connectivity index (χ0n) is 12.4. The highest BCUT2D eigenvalue weighted by Crippen LogP contribution is 2.24. The van der Waals surface area contributed by atoms with Crippen molar-refractivity contribution in [1.29, 1.82) is 0 Å². The van der Waals surface area contributed by atoms with Gasteiger partial charge >= 0.3 is 0 Å². The van der Waals surface area contributed by atoms with E-state index < -0.39 is 0 Å². The Hall–Kier alpha value is -0.800. The molecule has 2 unspecified atom stereocenters. The average molecular weight is 264 g/mol. The molecule has 0 aliphatic carbocycles. The molecule has 0 aromatic carbocycles. The van der Waals surface area contributed by atoms with Crippen LogP contribution in [0.4, 0.5) is 0 Å². The van der Waals surface area contributed by atoms with Crippen LogP contribution in [-0.2, 0) is 0 Å². The van der Waals surface area contributed by atoms with Gasteiger partial charge < -0.3 is 9.73 Å². The molecular weight excluding hydrogens is 236 g/mol. The lowest BCUT2D eigenvalue weighted by Crippen LogP contribution is -2.35. The fourth-order valence-electron chi connectivity index (χ4n) is 3.01. The van der Waals surface area contributed by atoms with Crippen molar-refractivity contribution < 1.29 is 4.42 Å². The van der Waals surface area contributed by atoms with E-state index in [0.29, 0.717) is 6.04 Å². The monoisotopic (exact) mass is 264 g/mol. The van der Waals surface area contributed by atoms with Gasteiger partial charge in [-0.3, -0.25) is 4.90 Å². The molecule has 1 fully saturated rings. The van der Waals surface area contributed by atoms with Gasteiger partial charge in [-0.25, -0.2) is 0 Å². The lowest BCUT2D eigenvalue weighted by atomic mass is 10.1. The van der Waals surface area contributed by atoms with Crippen molar-refractivity contribution in [2.24, 2.45) is 5.92 Å². The van der Waals surface area contributed by atoms with Crippen LogP contribution in [0.3, 0.4) is 0 Å². The van der Waals surface area contributed by atoms with Crippen LogP contribution < -0.4 is 5.32 Å². The van der Waals surface area contributed by atoms with Gasteiger partial charge in [-0.15, -0.1) is 0 Å². The van der Waals surface area contributed by atoms with Gasteiger partial charge in [0, 0.05) is 6.54 Å². The molecule has 0 spiro atoms. The number of nitrogens with zero attached hydrogens (tertiary/aromatic N) is 1. The molecule has 1 aliphatic rings. The third kappa shape index (κ3) is 4.36. The highest BCUT2D eigenvalue weighted by Gasteiger charge is 2.25. The molecule has 0 bridgehead atoms. The molecule has 1 aromatic rings. The fourth-order valence-corrected chi connectivity index (χ4v) is 3.01. The van der Waals surface area contributed by atoms with Crippen LogP contribution in [0, 0.1) is 5.92 Å². The van der Waals surface area contributed by atoms with Crippen LogP contribution >= 0.6 is 0 Å². The predicted molar refractivity (Wildman–Crippen MR) is 79.2 cm³/mol. The van der Waals surface area contributed by atoms with Crippen LogP contribution in [0.25, 0.3) is 0 Å². The Labute approximate surface area is 117 Å². The van der Waals surface area contributed by atoms with Crippen molar-refractivity contribution in [2.75, 3.05) is 26.2 Å². The summed E-state index contributed by atoms with van der Waals surface area (Å²) in [6.45, 7) is 9.11. The summed E-state index contributed by atoms with van der Waals surface area (Å²) in [5.41, 5.74) is 0. The van der Waals surface area contributed by atoms with Crippen molar-refractivity contribution in [3.63, 3.8) is 0 Å². The van der Waals surface area contributed by atoms with Crippen LogP contribution in [-0.4, -0.2) is 31.1 Å². The van der Waals surface area contributed by atoms with Gasteiger partial charge in [0.05, 0.1) is 12.3 Å². The smallest absolute Gasteiger partial charge is 0.122 e. The first-order valence-electron chi connectivity index (χ1n) is 7.79. The minimum atomic E-state index is 0.409. The quantitative estimate of drug-likeness (QED) is 0.779. The topological polar surface area (TPSA) is 28.4 Å². The highest BCUT2D eigenvalue weighted by molar-refractivity contribution is 5.06. The standard InChI is InChI=1S/C16H28N2O/c1-3-7-14(2)12-17-13-15(16-8-6-11-19-16)18-9-4-5-10-18/h6,8,11,14-15,17H,3-5,7,9-10,12-13H2,1-2H3. The average Bonchev–Trinajstić information content (AvgIpc) is 3.08. The SMILES string of the molecule is CCCC(C)CNCC(c1ccco1)N1CCCC1. The molecule has 1 N–H and O–H groups in total. The van der Waals surface area contributed by atoms with Gasteiger partial charge in [0.25, 0.3) is 0 Å². The molecule has 2 atom stereocenters. The Kier molecular flexibility index (Phi) is 5.93. The second kappa shape index (κ2) is 7.71. The number of furan rings is 1. The molecule has 1 aromatic heterocycles. The second-order valence-corrected chi connectivity index (χ2v) is 5.83. The molecule has 0 radical (unpaired) electrons. The maximum Gasteiger partial charge on any atom is 0.122 e. The second-order valence-electron chi connectivity index (χ2n) is 5.83. The summed E-state index contributed by atoms with van der Waals surface area (Å²) in [4.78, 5) is 2.55. The molecule has 1 aliphatic heterocycles. The first-order valence-corrected chi connectivity index (χ1v) is 7.79. The Morgan fingerprint density at radius 3 is 2.74 bits per heavy atom. The largest absolute Gasteiger partial charge is 0.468 e. The van der Waals surface area contributed by atoms with Crippen molar-refractivity contribution >= 4 is 0 Å². The Balaban J connectivity index is 1.84.